The standard InChI is InChI=1S/C17H26N2/c1-2-19(13-14-6-5-7-14)17-9-4-3-8-15(17)12-18-16-10-11-16/h3-4,8-9,14,16,18H,2,5-7,10-13H2,1H3. The van der Waals surface area contributed by atoms with Gasteiger partial charge in [-0.15, -0.1) is 0 Å². The summed E-state index contributed by atoms with van der Waals surface area (Å²) in [5.74, 6) is 0.935. The van der Waals surface area contributed by atoms with Crippen LogP contribution >= 0.6 is 0 Å². The molecule has 0 unspecified atom stereocenters. The van der Waals surface area contributed by atoms with Gasteiger partial charge >= 0.3 is 0 Å². The van der Waals surface area contributed by atoms with Gasteiger partial charge in [0, 0.05) is 31.4 Å². The molecule has 0 aliphatic heterocycles. The van der Waals surface area contributed by atoms with E-state index in [-0.39, 0.29) is 0 Å². The van der Waals surface area contributed by atoms with Crippen LogP contribution in [0.2, 0.25) is 0 Å². The molecule has 0 radical (unpaired) electrons. The molecule has 0 atom stereocenters. The Kier molecular flexibility index (Phi) is 4.07. The predicted molar refractivity (Wildman–Crippen MR) is 81.5 cm³/mol. The Morgan fingerprint density at radius 2 is 1.95 bits per heavy atom. The Labute approximate surface area is 117 Å². The van der Waals surface area contributed by atoms with E-state index in [0.717, 1.165) is 25.0 Å². The fourth-order valence-electron chi connectivity index (χ4n) is 2.90. The number of anilines is 1. The zero-order valence-corrected chi connectivity index (χ0v) is 12.1. The van der Waals surface area contributed by atoms with Gasteiger partial charge in [0.1, 0.15) is 0 Å². The molecular formula is C17H26N2. The van der Waals surface area contributed by atoms with Gasteiger partial charge in [0.2, 0.25) is 0 Å². The SMILES string of the molecule is CCN(CC1CCC1)c1ccccc1CNC1CC1. The maximum atomic E-state index is 3.65. The third kappa shape index (κ3) is 3.30. The lowest BCUT2D eigenvalue weighted by molar-refractivity contribution is 0.318. The van der Waals surface area contributed by atoms with E-state index in [9.17, 15) is 0 Å². The fourth-order valence-corrected chi connectivity index (χ4v) is 2.90. The van der Waals surface area contributed by atoms with Gasteiger partial charge in [0.05, 0.1) is 0 Å². The molecule has 0 aromatic heterocycles. The quantitative estimate of drug-likeness (QED) is 0.804. The van der Waals surface area contributed by atoms with Crippen LogP contribution in [0, 0.1) is 5.92 Å². The normalized spacial score (nSPS) is 19.2. The molecule has 2 fully saturated rings. The number of rotatable bonds is 7. The first-order valence-corrected chi connectivity index (χ1v) is 7.93. The molecule has 104 valence electrons. The minimum atomic E-state index is 0.787. The van der Waals surface area contributed by atoms with Crippen LogP contribution in [0.15, 0.2) is 24.3 Å². The molecule has 0 bridgehead atoms. The zero-order valence-electron chi connectivity index (χ0n) is 12.1. The van der Waals surface area contributed by atoms with E-state index < -0.39 is 0 Å². The number of benzene rings is 1. The highest BCUT2D eigenvalue weighted by atomic mass is 15.1. The minimum absolute atomic E-state index is 0.787. The molecule has 3 rings (SSSR count). The van der Waals surface area contributed by atoms with E-state index in [0.29, 0.717) is 0 Å². The van der Waals surface area contributed by atoms with E-state index in [1.165, 1.54) is 49.9 Å². The van der Waals surface area contributed by atoms with Gasteiger partial charge in [0.15, 0.2) is 0 Å². The van der Waals surface area contributed by atoms with Gasteiger partial charge < -0.3 is 10.2 Å². The Bertz CT molecular complexity index is 407. The third-order valence-electron chi connectivity index (χ3n) is 4.58. The van der Waals surface area contributed by atoms with Gasteiger partial charge in [-0.25, -0.2) is 0 Å². The summed E-state index contributed by atoms with van der Waals surface area (Å²) in [7, 11) is 0. The number of nitrogens with zero attached hydrogens (tertiary/aromatic N) is 1. The van der Waals surface area contributed by atoms with E-state index in [2.05, 4.69) is 41.4 Å². The average molecular weight is 258 g/mol. The summed E-state index contributed by atoms with van der Waals surface area (Å²) in [6, 6.07) is 9.72. The predicted octanol–water partition coefficient (Wildman–Crippen LogP) is 3.57. The van der Waals surface area contributed by atoms with Gasteiger partial charge in [0.25, 0.3) is 0 Å². The maximum Gasteiger partial charge on any atom is 0.0411 e. The summed E-state index contributed by atoms with van der Waals surface area (Å²) < 4.78 is 0. The van der Waals surface area contributed by atoms with Crippen LogP contribution in [0.3, 0.4) is 0 Å². The second-order valence-corrected chi connectivity index (χ2v) is 6.12. The summed E-state index contributed by atoms with van der Waals surface area (Å²) in [6.45, 7) is 5.68. The van der Waals surface area contributed by atoms with Crippen molar-refractivity contribution in [2.75, 3.05) is 18.0 Å². The van der Waals surface area contributed by atoms with E-state index >= 15 is 0 Å². The van der Waals surface area contributed by atoms with Crippen LogP contribution in [-0.2, 0) is 6.54 Å². The molecule has 2 nitrogen and oxygen atoms in total. The van der Waals surface area contributed by atoms with Crippen molar-refractivity contribution < 1.29 is 0 Å². The van der Waals surface area contributed by atoms with Crippen molar-refractivity contribution in [2.45, 2.75) is 51.6 Å². The average Bonchev–Trinajstić information content (AvgIpc) is 3.20. The smallest absolute Gasteiger partial charge is 0.0411 e. The summed E-state index contributed by atoms with van der Waals surface area (Å²) in [5, 5.41) is 3.65. The fraction of sp³-hybridized carbons (Fsp3) is 0.647. The first-order chi connectivity index (χ1) is 9.36. The molecule has 0 saturated heterocycles. The van der Waals surface area contributed by atoms with Crippen molar-refractivity contribution in [2.24, 2.45) is 5.92 Å². The van der Waals surface area contributed by atoms with Gasteiger partial charge in [-0.05, 0) is 50.2 Å². The van der Waals surface area contributed by atoms with Crippen molar-refractivity contribution >= 4 is 5.69 Å². The van der Waals surface area contributed by atoms with Crippen LogP contribution in [0.5, 0.6) is 0 Å². The van der Waals surface area contributed by atoms with E-state index in [4.69, 9.17) is 0 Å². The Balaban J connectivity index is 1.68. The number of hydrogen-bond acceptors (Lipinski definition) is 2. The molecule has 0 spiro atoms. The minimum Gasteiger partial charge on any atom is -0.371 e. The van der Waals surface area contributed by atoms with Crippen molar-refractivity contribution in [3.63, 3.8) is 0 Å². The van der Waals surface area contributed by atoms with E-state index in [1.54, 1.807) is 0 Å². The second kappa shape index (κ2) is 5.96. The van der Waals surface area contributed by atoms with Crippen molar-refractivity contribution in [1.82, 2.24) is 5.32 Å². The summed E-state index contributed by atoms with van der Waals surface area (Å²) in [4.78, 5) is 2.58. The van der Waals surface area contributed by atoms with E-state index in [1.807, 2.05) is 0 Å². The molecule has 1 aromatic carbocycles. The molecule has 0 heterocycles. The Hall–Kier alpha value is -1.02. The lowest BCUT2D eigenvalue weighted by atomic mass is 9.85. The van der Waals surface area contributed by atoms with Gasteiger partial charge in [-0.1, -0.05) is 24.6 Å². The Morgan fingerprint density at radius 1 is 1.16 bits per heavy atom. The van der Waals surface area contributed by atoms with Crippen LogP contribution in [0.25, 0.3) is 0 Å². The second-order valence-electron chi connectivity index (χ2n) is 6.12. The topological polar surface area (TPSA) is 15.3 Å². The third-order valence-corrected chi connectivity index (χ3v) is 4.58. The van der Waals surface area contributed by atoms with Crippen LogP contribution in [0.1, 0.15) is 44.6 Å². The molecule has 1 aromatic rings. The van der Waals surface area contributed by atoms with Crippen molar-refractivity contribution in [3.05, 3.63) is 29.8 Å². The van der Waals surface area contributed by atoms with Crippen molar-refractivity contribution in [1.29, 1.82) is 0 Å². The molecule has 2 aliphatic rings. The zero-order chi connectivity index (χ0) is 13.1. The highest BCUT2D eigenvalue weighted by Gasteiger charge is 2.23. The molecule has 2 saturated carbocycles. The molecular weight excluding hydrogens is 232 g/mol. The number of hydrogen-bond donors (Lipinski definition) is 1. The van der Waals surface area contributed by atoms with Crippen molar-refractivity contribution in [3.8, 4) is 0 Å². The summed E-state index contributed by atoms with van der Waals surface area (Å²) >= 11 is 0. The van der Waals surface area contributed by atoms with Crippen LogP contribution < -0.4 is 10.2 Å². The first-order valence-electron chi connectivity index (χ1n) is 7.93. The lowest BCUT2D eigenvalue weighted by Crippen LogP contribution is -2.33. The van der Waals surface area contributed by atoms with Gasteiger partial charge in [-0.2, -0.15) is 0 Å². The van der Waals surface area contributed by atoms with Crippen LogP contribution in [-0.4, -0.2) is 19.1 Å². The highest BCUT2D eigenvalue weighted by molar-refractivity contribution is 5.53. The summed E-state index contributed by atoms with van der Waals surface area (Å²) in [6.07, 6.45) is 7.02. The largest absolute Gasteiger partial charge is 0.371 e. The monoisotopic (exact) mass is 258 g/mol. The molecule has 2 aliphatic carbocycles. The van der Waals surface area contributed by atoms with Gasteiger partial charge in [-0.3, -0.25) is 0 Å². The molecule has 1 N–H and O–H groups in total. The first kappa shape index (κ1) is 13.0. The highest BCUT2D eigenvalue weighted by Crippen LogP contribution is 2.30. The molecule has 2 heteroatoms. The summed E-state index contributed by atoms with van der Waals surface area (Å²) in [5.41, 5.74) is 2.92. The Morgan fingerprint density at radius 3 is 2.58 bits per heavy atom. The van der Waals surface area contributed by atoms with Crippen LogP contribution in [0.4, 0.5) is 5.69 Å². The number of para-hydroxylation sites is 1. The number of nitrogens with one attached hydrogen (secondary N) is 1. The molecule has 19 heavy (non-hydrogen) atoms. The maximum absolute atomic E-state index is 3.65. The molecule has 0 amide bonds. The lowest BCUT2D eigenvalue weighted by Gasteiger charge is -2.34.